The topological polar surface area (TPSA) is 102 Å². The van der Waals surface area contributed by atoms with E-state index in [0.717, 1.165) is 0 Å². The van der Waals surface area contributed by atoms with Crippen LogP contribution in [-0.2, 0) is 10.3 Å². The van der Waals surface area contributed by atoms with Gasteiger partial charge in [-0.2, -0.15) is 8.42 Å². The number of hydrogen-bond donors (Lipinski definition) is 1. The first kappa shape index (κ1) is 16.4. The van der Waals surface area contributed by atoms with Crippen molar-refractivity contribution in [3.8, 4) is 11.1 Å². The zero-order chi connectivity index (χ0) is 17.6. The Morgan fingerprint density at radius 1 is 1.17 bits per heavy atom. The number of halogens is 1. The molecular formula is C15H11ClN2O5S. The summed E-state index contributed by atoms with van der Waals surface area (Å²) in [6.45, 7) is 1.47. The van der Waals surface area contributed by atoms with Crippen LogP contribution in [0.3, 0.4) is 0 Å². The van der Waals surface area contributed by atoms with Crippen LogP contribution in [0.1, 0.15) is 5.69 Å². The first-order valence-corrected chi connectivity index (χ1v) is 8.51. The average Bonchev–Trinajstić information content (AvgIpc) is 2.79. The van der Waals surface area contributed by atoms with Gasteiger partial charge in [0, 0.05) is 22.3 Å². The molecule has 0 amide bonds. The molecule has 7 nitrogen and oxygen atoms in total. The van der Waals surface area contributed by atoms with Gasteiger partial charge in [-0.05, 0) is 30.7 Å². The molecule has 1 N–H and O–H groups in total. The molecule has 0 saturated heterocycles. The minimum atomic E-state index is -4.63. The van der Waals surface area contributed by atoms with Gasteiger partial charge in [0.15, 0.2) is 0 Å². The minimum Gasteiger partial charge on any atom is -0.269 e. The highest BCUT2D eigenvalue weighted by Crippen LogP contribution is 2.40. The zero-order valence-corrected chi connectivity index (χ0v) is 13.9. The van der Waals surface area contributed by atoms with Crippen LogP contribution >= 0.6 is 11.6 Å². The second-order valence-electron chi connectivity index (χ2n) is 5.14. The molecular weight excluding hydrogens is 356 g/mol. The van der Waals surface area contributed by atoms with Crippen molar-refractivity contribution in [1.29, 1.82) is 0 Å². The van der Waals surface area contributed by atoms with E-state index in [1.807, 2.05) is 0 Å². The van der Waals surface area contributed by atoms with Crippen molar-refractivity contribution in [3.05, 3.63) is 63.3 Å². The Kier molecular flexibility index (Phi) is 3.83. The van der Waals surface area contributed by atoms with Gasteiger partial charge >= 0.3 is 10.3 Å². The third-order valence-electron chi connectivity index (χ3n) is 3.72. The summed E-state index contributed by atoms with van der Waals surface area (Å²) in [4.78, 5) is 10.8. The third-order valence-corrected chi connectivity index (χ3v) is 4.90. The van der Waals surface area contributed by atoms with E-state index in [1.165, 1.54) is 25.1 Å². The fraction of sp³-hybridized carbons (Fsp3) is 0.0667. The molecule has 0 atom stereocenters. The first-order chi connectivity index (χ1) is 11.2. The Morgan fingerprint density at radius 2 is 1.79 bits per heavy atom. The second-order valence-corrected chi connectivity index (χ2v) is 6.84. The van der Waals surface area contributed by atoms with Crippen LogP contribution in [0.15, 0.2) is 42.5 Å². The summed E-state index contributed by atoms with van der Waals surface area (Å²) in [7, 11) is -4.63. The summed E-state index contributed by atoms with van der Waals surface area (Å²) in [5.41, 5.74) is 0.867. The molecule has 9 heteroatoms. The maximum Gasteiger partial charge on any atom is 0.364 e. The lowest BCUT2D eigenvalue weighted by atomic mass is 10.0. The van der Waals surface area contributed by atoms with Crippen LogP contribution < -0.4 is 0 Å². The van der Waals surface area contributed by atoms with E-state index in [0.29, 0.717) is 20.1 Å². The van der Waals surface area contributed by atoms with E-state index in [4.69, 9.17) is 11.6 Å². The van der Waals surface area contributed by atoms with E-state index in [9.17, 15) is 23.1 Å². The molecule has 1 heterocycles. The molecule has 2 aromatic carbocycles. The average molecular weight is 367 g/mol. The molecule has 124 valence electrons. The van der Waals surface area contributed by atoms with Gasteiger partial charge in [-0.25, -0.2) is 3.97 Å². The van der Waals surface area contributed by atoms with Gasteiger partial charge in [0.2, 0.25) is 0 Å². The number of fused-ring (bicyclic) bond motifs is 1. The summed E-state index contributed by atoms with van der Waals surface area (Å²) >= 11 is 5.87. The number of non-ortho nitro benzene ring substituents is 1. The smallest absolute Gasteiger partial charge is 0.269 e. The number of aromatic nitrogens is 1. The fourth-order valence-electron chi connectivity index (χ4n) is 2.84. The molecule has 0 saturated carbocycles. The van der Waals surface area contributed by atoms with Gasteiger partial charge in [0.1, 0.15) is 0 Å². The van der Waals surface area contributed by atoms with Gasteiger partial charge < -0.3 is 0 Å². The summed E-state index contributed by atoms with van der Waals surface area (Å²) in [6.07, 6.45) is 0. The SMILES string of the molecule is Cc1c(-c2ccc(Cl)cc2)c2c([N+](=O)[O-])cccc2n1S(=O)(=O)O. The molecule has 0 aliphatic carbocycles. The Morgan fingerprint density at radius 3 is 2.33 bits per heavy atom. The highest BCUT2D eigenvalue weighted by atomic mass is 35.5. The molecule has 0 bridgehead atoms. The van der Waals surface area contributed by atoms with E-state index in [2.05, 4.69) is 0 Å². The van der Waals surface area contributed by atoms with Crippen LogP contribution in [0.4, 0.5) is 5.69 Å². The van der Waals surface area contributed by atoms with E-state index < -0.39 is 15.2 Å². The van der Waals surface area contributed by atoms with Crippen molar-refractivity contribution in [1.82, 2.24) is 3.97 Å². The van der Waals surface area contributed by atoms with Crippen molar-refractivity contribution in [3.63, 3.8) is 0 Å². The number of nitrogens with zero attached hydrogens (tertiary/aromatic N) is 2. The number of nitro groups is 1. The Hall–Kier alpha value is -2.42. The van der Waals surface area contributed by atoms with Gasteiger partial charge in [-0.15, -0.1) is 0 Å². The zero-order valence-electron chi connectivity index (χ0n) is 12.3. The molecule has 24 heavy (non-hydrogen) atoms. The monoisotopic (exact) mass is 366 g/mol. The predicted molar refractivity (Wildman–Crippen MR) is 90.7 cm³/mol. The molecule has 3 rings (SSSR count). The summed E-state index contributed by atoms with van der Waals surface area (Å²) in [5.74, 6) is 0. The molecule has 0 unspecified atom stereocenters. The lowest BCUT2D eigenvalue weighted by molar-refractivity contribution is -0.383. The van der Waals surface area contributed by atoms with Crippen molar-refractivity contribution >= 4 is 38.5 Å². The highest BCUT2D eigenvalue weighted by molar-refractivity contribution is 7.84. The second kappa shape index (κ2) is 5.59. The fourth-order valence-corrected chi connectivity index (χ4v) is 3.80. The minimum absolute atomic E-state index is 0.0363. The van der Waals surface area contributed by atoms with Crippen LogP contribution in [-0.4, -0.2) is 21.9 Å². The largest absolute Gasteiger partial charge is 0.364 e. The maximum atomic E-state index is 11.8. The summed E-state index contributed by atoms with van der Waals surface area (Å²) in [6, 6.07) is 10.5. The Balaban J connectivity index is 2.55. The maximum absolute atomic E-state index is 11.8. The van der Waals surface area contributed by atoms with Crippen molar-refractivity contribution in [2.45, 2.75) is 6.92 Å². The Bertz CT molecular complexity index is 1070. The Labute approximate surface area is 142 Å². The number of rotatable bonds is 3. The standard InChI is InChI=1S/C15H11ClN2O5S/c1-9-14(10-5-7-11(16)8-6-10)15-12(17(9)24(21,22)23)3-2-4-13(15)18(19)20/h2-8H,1H3,(H,21,22,23). The number of benzene rings is 2. The lowest BCUT2D eigenvalue weighted by Crippen LogP contribution is -2.12. The van der Waals surface area contributed by atoms with Crippen molar-refractivity contribution < 1.29 is 17.9 Å². The van der Waals surface area contributed by atoms with Crippen LogP contribution in [0, 0.1) is 17.0 Å². The van der Waals surface area contributed by atoms with Crippen molar-refractivity contribution in [2.75, 3.05) is 0 Å². The van der Waals surface area contributed by atoms with Gasteiger partial charge in [-0.3, -0.25) is 14.7 Å². The van der Waals surface area contributed by atoms with Gasteiger partial charge in [0.05, 0.1) is 15.8 Å². The molecule has 0 spiro atoms. The van der Waals surface area contributed by atoms with Crippen LogP contribution in [0.25, 0.3) is 22.0 Å². The molecule has 0 aliphatic heterocycles. The van der Waals surface area contributed by atoms with E-state index >= 15 is 0 Å². The molecule has 3 aromatic rings. The summed E-state index contributed by atoms with van der Waals surface area (Å²) < 4.78 is 33.8. The van der Waals surface area contributed by atoms with Gasteiger partial charge in [0.25, 0.3) is 5.69 Å². The molecule has 0 aliphatic rings. The number of nitro benzene ring substituents is 1. The van der Waals surface area contributed by atoms with Crippen molar-refractivity contribution in [2.24, 2.45) is 0 Å². The third kappa shape index (κ3) is 2.54. The van der Waals surface area contributed by atoms with E-state index in [-0.39, 0.29) is 22.3 Å². The van der Waals surface area contributed by atoms with Gasteiger partial charge in [-0.1, -0.05) is 29.8 Å². The lowest BCUT2D eigenvalue weighted by Gasteiger charge is -2.04. The number of hydrogen-bond acceptors (Lipinski definition) is 4. The predicted octanol–water partition coefficient (Wildman–Crippen LogP) is 3.83. The highest BCUT2D eigenvalue weighted by Gasteiger charge is 2.27. The normalized spacial score (nSPS) is 11.8. The first-order valence-electron chi connectivity index (χ1n) is 6.74. The summed E-state index contributed by atoms with van der Waals surface area (Å²) in [5, 5.41) is 12.0. The van der Waals surface area contributed by atoms with E-state index in [1.54, 1.807) is 24.3 Å². The molecule has 1 aromatic heterocycles. The molecule has 0 radical (unpaired) electrons. The van der Waals surface area contributed by atoms with Crippen LogP contribution in [0.2, 0.25) is 5.02 Å². The molecule has 0 fully saturated rings. The quantitative estimate of drug-likeness (QED) is 0.431. The van der Waals surface area contributed by atoms with Crippen LogP contribution in [0.5, 0.6) is 0 Å².